The van der Waals surface area contributed by atoms with Crippen LogP contribution in [0.2, 0.25) is 0 Å². The van der Waals surface area contributed by atoms with Gasteiger partial charge in [-0.1, -0.05) is 18.6 Å². The lowest BCUT2D eigenvalue weighted by Gasteiger charge is -2.17. The van der Waals surface area contributed by atoms with Gasteiger partial charge in [0.05, 0.1) is 12.7 Å². The van der Waals surface area contributed by atoms with Gasteiger partial charge in [0.15, 0.2) is 0 Å². The van der Waals surface area contributed by atoms with Crippen molar-refractivity contribution in [2.75, 3.05) is 6.61 Å². The van der Waals surface area contributed by atoms with Crippen LogP contribution in [0.15, 0.2) is 11.6 Å². The van der Waals surface area contributed by atoms with Crippen molar-refractivity contribution in [3.63, 3.8) is 0 Å². The second-order valence-electron chi connectivity index (χ2n) is 3.50. The minimum Gasteiger partial charge on any atom is -0.465 e. The first kappa shape index (κ1) is 13.2. The van der Waals surface area contributed by atoms with Crippen molar-refractivity contribution in [1.29, 1.82) is 0 Å². The number of ether oxygens (including phenoxy) is 1. The zero-order valence-corrected chi connectivity index (χ0v) is 9.41. The van der Waals surface area contributed by atoms with Crippen LogP contribution in [-0.4, -0.2) is 23.8 Å². The Labute approximate surface area is 85.8 Å². The first-order chi connectivity index (χ1) is 6.52. The molecular formula is C11H20O3. The third-order valence-corrected chi connectivity index (χ3v) is 1.90. The summed E-state index contributed by atoms with van der Waals surface area (Å²) in [7, 11) is 0. The normalized spacial score (nSPS) is 14.4. The highest BCUT2D eigenvalue weighted by molar-refractivity contribution is 5.75. The van der Waals surface area contributed by atoms with Crippen LogP contribution in [0.5, 0.6) is 0 Å². The molecule has 0 aromatic heterocycles. The topological polar surface area (TPSA) is 46.5 Å². The quantitative estimate of drug-likeness (QED) is 0.544. The smallest absolute Gasteiger partial charge is 0.315 e. The summed E-state index contributed by atoms with van der Waals surface area (Å²) >= 11 is 0. The summed E-state index contributed by atoms with van der Waals surface area (Å²) in [6.45, 7) is 7.75. The van der Waals surface area contributed by atoms with Gasteiger partial charge in [-0.2, -0.15) is 0 Å². The zero-order valence-electron chi connectivity index (χ0n) is 9.41. The highest BCUT2D eigenvalue weighted by atomic mass is 16.5. The molecule has 0 aliphatic carbocycles. The third-order valence-electron chi connectivity index (χ3n) is 1.90. The van der Waals surface area contributed by atoms with Gasteiger partial charge >= 0.3 is 5.97 Å². The molecule has 0 aliphatic rings. The molecule has 14 heavy (non-hydrogen) atoms. The highest BCUT2D eigenvalue weighted by Crippen LogP contribution is 2.13. The van der Waals surface area contributed by atoms with Gasteiger partial charge in [0.25, 0.3) is 0 Å². The van der Waals surface area contributed by atoms with E-state index in [-0.39, 0.29) is 5.97 Å². The van der Waals surface area contributed by atoms with Gasteiger partial charge in [0, 0.05) is 0 Å². The third kappa shape index (κ3) is 4.42. The molecule has 3 heteroatoms. The first-order valence-corrected chi connectivity index (χ1v) is 5.02. The van der Waals surface area contributed by atoms with Crippen LogP contribution in [0, 0.1) is 5.92 Å². The predicted molar refractivity (Wildman–Crippen MR) is 55.9 cm³/mol. The van der Waals surface area contributed by atoms with Gasteiger partial charge in [-0.05, 0) is 27.2 Å². The molecule has 0 heterocycles. The number of aliphatic hydroxyl groups excluding tert-OH is 1. The van der Waals surface area contributed by atoms with E-state index in [9.17, 15) is 9.90 Å². The summed E-state index contributed by atoms with van der Waals surface area (Å²) in [5.74, 6) is -0.868. The maximum absolute atomic E-state index is 11.5. The van der Waals surface area contributed by atoms with E-state index in [1.807, 2.05) is 20.8 Å². The van der Waals surface area contributed by atoms with Crippen LogP contribution >= 0.6 is 0 Å². The molecule has 0 fully saturated rings. The molecule has 0 rings (SSSR count). The summed E-state index contributed by atoms with van der Waals surface area (Å²) in [6.07, 6.45) is 1.66. The second kappa shape index (κ2) is 6.60. The van der Waals surface area contributed by atoms with Gasteiger partial charge in [-0.15, -0.1) is 0 Å². The Bertz CT molecular complexity index is 205. The number of hydrogen-bond donors (Lipinski definition) is 1. The minimum absolute atomic E-state index is 0.344. The first-order valence-electron chi connectivity index (χ1n) is 5.02. The van der Waals surface area contributed by atoms with E-state index in [2.05, 4.69) is 0 Å². The van der Waals surface area contributed by atoms with E-state index in [0.717, 1.165) is 5.57 Å². The Kier molecular flexibility index (Phi) is 6.21. The van der Waals surface area contributed by atoms with Crippen molar-refractivity contribution in [3.8, 4) is 0 Å². The van der Waals surface area contributed by atoms with Crippen LogP contribution in [0.3, 0.4) is 0 Å². The van der Waals surface area contributed by atoms with Gasteiger partial charge < -0.3 is 9.84 Å². The summed E-state index contributed by atoms with van der Waals surface area (Å²) in [6, 6.07) is 0. The molecule has 0 bridgehead atoms. The van der Waals surface area contributed by atoms with Crippen molar-refractivity contribution < 1.29 is 14.6 Å². The molecule has 2 unspecified atom stereocenters. The molecule has 0 radical (unpaired) electrons. The number of carbonyl (C=O) groups excluding carboxylic acids is 1. The van der Waals surface area contributed by atoms with E-state index >= 15 is 0 Å². The molecule has 0 aromatic rings. The largest absolute Gasteiger partial charge is 0.465 e. The number of aliphatic hydroxyl groups is 1. The number of carbonyl (C=O) groups is 1. The molecule has 2 atom stereocenters. The monoisotopic (exact) mass is 200 g/mol. The van der Waals surface area contributed by atoms with Crippen molar-refractivity contribution in [3.05, 3.63) is 11.6 Å². The van der Waals surface area contributed by atoms with Crippen LogP contribution in [0.1, 0.15) is 34.1 Å². The van der Waals surface area contributed by atoms with E-state index in [1.54, 1.807) is 13.0 Å². The summed E-state index contributed by atoms with van der Waals surface area (Å²) in [4.78, 5) is 11.5. The Morgan fingerprint density at radius 1 is 1.43 bits per heavy atom. The standard InChI is InChI=1S/C11H20O3/c1-5-10(12)9(7-8(3)4)11(13)14-6-2/h7,9-10,12H,5-6H2,1-4H3. The van der Waals surface area contributed by atoms with Crippen molar-refractivity contribution in [2.45, 2.75) is 40.2 Å². The average molecular weight is 200 g/mol. The lowest BCUT2D eigenvalue weighted by molar-refractivity contribution is -0.149. The predicted octanol–water partition coefficient (Wildman–Crippen LogP) is 1.90. The van der Waals surface area contributed by atoms with Crippen LogP contribution in [0.25, 0.3) is 0 Å². The van der Waals surface area contributed by atoms with Crippen molar-refractivity contribution in [2.24, 2.45) is 5.92 Å². The molecule has 82 valence electrons. The van der Waals surface area contributed by atoms with Crippen LogP contribution < -0.4 is 0 Å². The Morgan fingerprint density at radius 3 is 2.36 bits per heavy atom. The Hall–Kier alpha value is -0.830. The van der Waals surface area contributed by atoms with E-state index in [1.165, 1.54) is 0 Å². The van der Waals surface area contributed by atoms with Gasteiger partial charge in [-0.25, -0.2) is 0 Å². The lowest BCUT2D eigenvalue weighted by Crippen LogP contribution is -2.28. The fourth-order valence-electron chi connectivity index (χ4n) is 1.19. The number of allylic oxidation sites excluding steroid dienone is 1. The zero-order chi connectivity index (χ0) is 11.1. The lowest BCUT2D eigenvalue weighted by atomic mass is 9.98. The van der Waals surface area contributed by atoms with E-state index < -0.39 is 12.0 Å². The van der Waals surface area contributed by atoms with Crippen molar-refractivity contribution in [1.82, 2.24) is 0 Å². The van der Waals surface area contributed by atoms with E-state index in [0.29, 0.717) is 13.0 Å². The molecule has 0 spiro atoms. The second-order valence-corrected chi connectivity index (χ2v) is 3.50. The van der Waals surface area contributed by atoms with Crippen LogP contribution in [-0.2, 0) is 9.53 Å². The Morgan fingerprint density at radius 2 is 2.00 bits per heavy atom. The molecule has 0 amide bonds. The Balaban J connectivity index is 4.55. The molecule has 0 saturated heterocycles. The number of rotatable bonds is 5. The fraction of sp³-hybridized carbons (Fsp3) is 0.727. The summed E-state index contributed by atoms with van der Waals surface area (Å²) < 4.78 is 4.88. The molecule has 0 aliphatic heterocycles. The molecule has 0 saturated carbocycles. The van der Waals surface area contributed by atoms with E-state index in [4.69, 9.17) is 4.74 Å². The van der Waals surface area contributed by atoms with Gasteiger partial charge in [0.2, 0.25) is 0 Å². The van der Waals surface area contributed by atoms with Crippen LogP contribution in [0.4, 0.5) is 0 Å². The SMILES string of the molecule is CCOC(=O)C(C=C(C)C)C(O)CC. The van der Waals surface area contributed by atoms with Gasteiger partial charge in [0.1, 0.15) is 5.92 Å². The molecule has 3 nitrogen and oxygen atoms in total. The maximum Gasteiger partial charge on any atom is 0.315 e. The minimum atomic E-state index is -0.649. The number of esters is 1. The molecule has 1 N–H and O–H groups in total. The summed E-state index contributed by atoms with van der Waals surface area (Å²) in [5.41, 5.74) is 1.01. The van der Waals surface area contributed by atoms with Gasteiger partial charge in [-0.3, -0.25) is 4.79 Å². The molecular weight excluding hydrogens is 180 g/mol. The fourth-order valence-corrected chi connectivity index (χ4v) is 1.19. The highest BCUT2D eigenvalue weighted by Gasteiger charge is 2.24. The maximum atomic E-state index is 11.5. The number of hydrogen-bond acceptors (Lipinski definition) is 3. The van der Waals surface area contributed by atoms with Crippen molar-refractivity contribution >= 4 is 5.97 Å². The molecule has 0 aromatic carbocycles. The summed E-state index contributed by atoms with van der Waals surface area (Å²) in [5, 5.41) is 9.62. The average Bonchev–Trinajstić information content (AvgIpc) is 2.13.